The van der Waals surface area contributed by atoms with E-state index < -0.39 is 0 Å². The monoisotopic (exact) mass is 438 g/mol. The quantitative estimate of drug-likeness (QED) is 0.390. The van der Waals surface area contributed by atoms with Gasteiger partial charge in [-0.1, -0.05) is 47.6 Å². The summed E-state index contributed by atoms with van der Waals surface area (Å²) in [7, 11) is 0. The first kappa shape index (κ1) is 20.7. The number of rotatable bonds is 6. The number of aromatic nitrogens is 3. The van der Waals surface area contributed by atoms with Gasteiger partial charge in [0, 0.05) is 29.4 Å². The number of carbonyl (C=O) groups excluding carboxylic acids is 1. The van der Waals surface area contributed by atoms with Crippen LogP contribution < -0.4 is 4.90 Å². The summed E-state index contributed by atoms with van der Waals surface area (Å²) in [6, 6.07) is 15.6. The summed E-state index contributed by atoms with van der Waals surface area (Å²) in [6.45, 7) is 7.09. The number of fused-ring (bicyclic) bond motifs is 1. The number of allylic oxidation sites excluding steroid dienone is 1. The van der Waals surface area contributed by atoms with Crippen LogP contribution in [0.25, 0.3) is 11.4 Å². The van der Waals surface area contributed by atoms with Gasteiger partial charge in [-0.25, -0.2) is 0 Å². The van der Waals surface area contributed by atoms with E-state index in [4.69, 9.17) is 11.6 Å². The zero-order valence-corrected chi connectivity index (χ0v) is 18.4. The van der Waals surface area contributed by atoms with Gasteiger partial charge in [0.05, 0.1) is 5.25 Å². The van der Waals surface area contributed by atoms with Crippen LogP contribution in [-0.4, -0.2) is 32.5 Å². The maximum atomic E-state index is 13.3. The largest absolute Gasteiger partial charge is 0.311 e. The molecular formula is C23H23ClN4OS. The Morgan fingerprint density at radius 3 is 2.77 bits per heavy atom. The summed E-state index contributed by atoms with van der Waals surface area (Å²) >= 11 is 7.44. The standard InChI is InChI=1S/C23H23ClN4OS/c1-3-14-28-21(18-10-12-19(24)13-11-18)25-26-23(28)30-16(2)22(29)27-15-6-8-17-7-4-5-9-20(17)27/h3-5,7,9-13,16H,1,6,8,14-15H2,2H3. The van der Waals surface area contributed by atoms with E-state index in [0.29, 0.717) is 16.7 Å². The van der Waals surface area contributed by atoms with Gasteiger partial charge in [-0.05, 0) is 55.7 Å². The molecule has 0 saturated carbocycles. The summed E-state index contributed by atoms with van der Waals surface area (Å²) in [5.41, 5.74) is 3.18. The second kappa shape index (κ2) is 9.06. The highest BCUT2D eigenvalue weighted by Gasteiger charge is 2.28. The number of hydrogen-bond donors (Lipinski definition) is 0. The Hall–Kier alpha value is -2.57. The maximum absolute atomic E-state index is 13.3. The first-order chi connectivity index (χ1) is 14.6. The van der Waals surface area contributed by atoms with Crippen LogP contribution >= 0.6 is 23.4 Å². The predicted octanol–water partition coefficient (Wildman–Crippen LogP) is 5.24. The molecule has 4 rings (SSSR count). The van der Waals surface area contributed by atoms with Gasteiger partial charge in [0.15, 0.2) is 11.0 Å². The van der Waals surface area contributed by atoms with Crippen molar-refractivity contribution in [3.8, 4) is 11.4 Å². The normalized spacial score (nSPS) is 14.3. The van der Waals surface area contributed by atoms with Gasteiger partial charge in [-0.15, -0.1) is 16.8 Å². The first-order valence-corrected chi connectivity index (χ1v) is 11.2. The Bertz CT molecular complexity index is 1060. The van der Waals surface area contributed by atoms with E-state index in [2.05, 4.69) is 22.8 Å². The minimum absolute atomic E-state index is 0.0911. The summed E-state index contributed by atoms with van der Waals surface area (Å²) in [4.78, 5) is 15.2. The molecule has 3 aromatic rings. The molecule has 1 aromatic heterocycles. The molecule has 0 aliphatic carbocycles. The third kappa shape index (κ3) is 4.16. The van der Waals surface area contributed by atoms with Gasteiger partial charge in [0.2, 0.25) is 5.91 Å². The molecule has 1 unspecified atom stereocenters. The summed E-state index contributed by atoms with van der Waals surface area (Å²) < 4.78 is 1.98. The molecule has 0 fully saturated rings. The molecule has 30 heavy (non-hydrogen) atoms. The van der Waals surface area contributed by atoms with E-state index >= 15 is 0 Å². The van der Waals surface area contributed by atoms with Crippen molar-refractivity contribution in [1.29, 1.82) is 0 Å². The molecular weight excluding hydrogens is 416 g/mol. The highest BCUT2D eigenvalue weighted by Crippen LogP contribution is 2.32. The van der Waals surface area contributed by atoms with Gasteiger partial charge in [-0.2, -0.15) is 0 Å². The number of halogens is 1. The maximum Gasteiger partial charge on any atom is 0.240 e. The molecule has 0 radical (unpaired) electrons. The number of hydrogen-bond acceptors (Lipinski definition) is 4. The minimum atomic E-state index is -0.290. The zero-order valence-electron chi connectivity index (χ0n) is 16.8. The van der Waals surface area contributed by atoms with Crippen molar-refractivity contribution >= 4 is 35.0 Å². The third-order valence-electron chi connectivity index (χ3n) is 5.14. The fourth-order valence-corrected chi connectivity index (χ4v) is 4.72. The van der Waals surface area contributed by atoms with E-state index in [0.717, 1.165) is 36.5 Å². The fraction of sp³-hybridized carbons (Fsp3) is 0.261. The van der Waals surface area contributed by atoms with Gasteiger partial charge >= 0.3 is 0 Å². The lowest BCUT2D eigenvalue weighted by Gasteiger charge is -2.31. The van der Waals surface area contributed by atoms with E-state index in [9.17, 15) is 4.79 Å². The molecule has 1 aliphatic heterocycles. The van der Waals surface area contributed by atoms with E-state index in [1.807, 2.05) is 58.9 Å². The molecule has 154 valence electrons. The molecule has 2 heterocycles. The topological polar surface area (TPSA) is 51.0 Å². The van der Waals surface area contributed by atoms with E-state index in [1.54, 1.807) is 6.08 Å². The minimum Gasteiger partial charge on any atom is -0.311 e. The molecule has 0 N–H and O–H groups in total. The lowest BCUT2D eigenvalue weighted by atomic mass is 10.0. The van der Waals surface area contributed by atoms with Gasteiger partial charge in [0.1, 0.15) is 0 Å². The number of carbonyl (C=O) groups is 1. The lowest BCUT2D eigenvalue weighted by molar-refractivity contribution is -0.117. The Morgan fingerprint density at radius 2 is 2.00 bits per heavy atom. The van der Waals surface area contributed by atoms with E-state index in [1.165, 1.54) is 17.3 Å². The first-order valence-electron chi connectivity index (χ1n) is 9.94. The SMILES string of the molecule is C=CCn1c(SC(C)C(=O)N2CCCc3ccccc32)nnc1-c1ccc(Cl)cc1. The lowest BCUT2D eigenvalue weighted by Crippen LogP contribution is -2.40. The van der Waals surface area contributed by atoms with Crippen LogP contribution in [0.2, 0.25) is 5.02 Å². The molecule has 7 heteroatoms. The zero-order chi connectivity index (χ0) is 21.1. The van der Waals surface area contributed by atoms with Crippen molar-refractivity contribution in [2.75, 3.05) is 11.4 Å². The average Bonchev–Trinajstić information content (AvgIpc) is 3.15. The van der Waals surface area contributed by atoms with Crippen LogP contribution in [0.15, 0.2) is 66.3 Å². The van der Waals surface area contributed by atoms with Gasteiger partial charge < -0.3 is 4.90 Å². The van der Waals surface area contributed by atoms with E-state index in [-0.39, 0.29) is 11.2 Å². The molecule has 1 atom stereocenters. The van der Waals surface area contributed by atoms with Crippen LogP contribution in [0.3, 0.4) is 0 Å². The Morgan fingerprint density at radius 1 is 1.23 bits per heavy atom. The molecule has 1 amide bonds. The van der Waals surface area contributed by atoms with Crippen molar-refractivity contribution in [3.05, 3.63) is 71.8 Å². The number of aryl methyl sites for hydroxylation is 1. The number of para-hydroxylation sites is 1. The smallest absolute Gasteiger partial charge is 0.240 e. The highest BCUT2D eigenvalue weighted by molar-refractivity contribution is 8.00. The highest BCUT2D eigenvalue weighted by atomic mass is 35.5. The van der Waals surface area contributed by atoms with Crippen LogP contribution in [0.1, 0.15) is 18.9 Å². The molecule has 0 spiro atoms. The molecule has 5 nitrogen and oxygen atoms in total. The van der Waals surface area contributed by atoms with Crippen molar-refractivity contribution in [1.82, 2.24) is 14.8 Å². The van der Waals surface area contributed by atoms with Crippen molar-refractivity contribution in [3.63, 3.8) is 0 Å². The van der Waals surface area contributed by atoms with Crippen LogP contribution in [0.5, 0.6) is 0 Å². The van der Waals surface area contributed by atoms with Crippen molar-refractivity contribution < 1.29 is 4.79 Å². The Kier molecular flexibility index (Phi) is 6.25. The predicted molar refractivity (Wildman–Crippen MR) is 123 cm³/mol. The van der Waals surface area contributed by atoms with Gasteiger partial charge in [-0.3, -0.25) is 9.36 Å². The average molecular weight is 439 g/mol. The van der Waals surface area contributed by atoms with Crippen LogP contribution in [-0.2, 0) is 17.8 Å². The Balaban J connectivity index is 1.57. The molecule has 0 saturated heterocycles. The fourth-order valence-electron chi connectivity index (χ4n) is 3.67. The second-order valence-corrected chi connectivity index (χ2v) is 8.94. The number of anilines is 1. The Labute approximate surface area is 185 Å². The van der Waals surface area contributed by atoms with Crippen molar-refractivity contribution in [2.45, 2.75) is 36.7 Å². The van der Waals surface area contributed by atoms with Crippen molar-refractivity contribution in [2.24, 2.45) is 0 Å². The number of amides is 1. The van der Waals surface area contributed by atoms with Crippen LogP contribution in [0.4, 0.5) is 5.69 Å². The number of nitrogens with zero attached hydrogens (tertiary/aromatic N) is 4. The second-order valence-electron chi connectivity index (χ2n) is 7.19. The summed E-state index contributed by atoms with van der Waals surface area (Å²) in [5.74, 6) is 0.824. The summed E-state index contributed by atoms with van der Waals surface area (Å²) in [6.07, 6.45) is 3.80. The van der Waals surface area contributed by atoms with Crippen LogP contribution in [0, 0.1) is 0 Å². The molecule has 2 aromatic carbocycles. The van der Waals surface area contributed by atoms with Gasteiger partial charge in [0.25, 0.3) is 0 Å². The summed E-state index contributed by atoms with van der Waals surface area (Å²) in [5, 5.41) is 9.82. The third-order valence-corrected chi connectivity index (χ3v) is 6.46. The molecule has 1 aliphatic rings. The molecule has 0 bridgehead atoms. The number of benzene rings is 2. The number of thioether (sulfide) groups is 1.